The number of aromatic nitrogens is 2. The van der Waals surface area contributed by atoms with Gasteiger partial charge in [-0.3, -0.25) is 4.68 Å². The predicted octanol–water partition coefficient (Wildman–Crippen LogP) is 2.23. The molecule has 1 aliphatic rings. The van der Waals surface area contributed by atoms with Gasteiger partial charge in [-0.05, 0) is 44.6 Å². The molecule has 0 spiro atoms. The van der Waals surface area contributed by atoms with Crippen molar-refractivity contribution in [2.75, 3.05) is 12.8 Å². The molecule has 0 radical (unpaired) electrons. The van der Waals surface area contributed by atoms with Gasteiger partial charge < -0.3 is 5.32 Å². The zero-order valence-corrected chi connectivity index (χ0v) is 11.7. The summed E-state index contributed by atoms with van der Waals surface area (Å²) in [6.07, 6.45) is 8.41. The summed E-state index contributed by atoms with van der Waals surface area (Å²) < 4.78 is 1.99. The number of thioether (sulfide) groups is 1. The minimum absolute atomic E-state index is 0.648. The van der Waals surface area contributed by atoms with Crippen LogP contribution < -0.4 is 5.32 Å². The van der Waals surface area contributed by atoms with Crippen molar-refractivity contribution in [3.63, 3.8) is 0 Å². The third-order valence-electron chi connectivity index (χ3n) is 3.67. The average molecular weight is 253 g/mol. The fourth-order valence-corrected chi connectivity index (χ4v) is 4.06. The lowest BCUT2D eigenvalue weighted by Gasteiger charge is -2.29. The molecule has 0 aliphatic carbocycles. The highest BCUT2D eigenvalue weighted by Crippen LogP contribution is 2.29. The SMILES string of the molecule is CNC(CCc1ccnn1C)C1CCCCS1. The number of nitrogens with one attached hydrogen (secondary N) is 1. The van der Waals surface area contributed by atoms with Crippen LogP contribution in [0.1, 0.15) is 31.4 Å². The minimum atomic E-state index is 0.648. The Hall–Kier alpha value is -0.480. The van der Waals surface area contributed by atoms with E-state index in [1.807, 2.05) is 17.9 Å². The highest BCUT2D eigenvalue weighted by atomic mass is 32.2. The first-order chi connectivity index (χ1) is 8.31. The molecule has 0 amide bonds. The molecule has 2 unspecified atom stereocenters. The molecule has 0 saturated carbocycles. The predicted molar refractivity (Wildman–Crippen MR) is 74.5 cm³/mol. The Morgan fingerprint density at radius 3 is 3.06 bits per heavy atom. The van der Waals surface area contributed by atoms with E-state index in [-0.39, 0.29) is 0 Å². The Kier molecular flexibility index (Phi) is 4.92. The highest BCUT2D eigenvalue weighted by molar-refractivity contribution is 8.00. The standard InChI is InChI=1S/C13H23N3S/c1-14-12(13-5-3-4-10-17-13)7-6-11-8-9-15-16(11)2/h8-9,12-14H,3-7,10H2,1-2H3. The smallest absolute Gasteiger partial charge is 0.0492 e. The van der Waals surface area contributed by atoms with Crippen molar-refractivity contribution in [2.45, 2.75) is 43.4 Å². The molecule has 4 heteroatoms. The summed E-state index contributed by atoms with van der Waals surface area (Å²) in [6.45, 7) is 0. The van der Waals surface area contributed by atoms with Gasteiger partial charge in [0.25, 0.3) is 0 Å². The van der Waals surface area contributed by atoms with E-state index in [1.54, 1.807) is 0 Å². The maximum absolute atomic E-state index is 4.22. The van der Waals surface area contributed by atoms with Gasteiger partial charge in [0.2, 0.25) is 0 Å². The van der Waals surface area contributed by atoms with Gasteiger partial charge >= 0.3 is 0 Å². The molecule has 1 saturated heterocycles. The molecule has 1 aromatic rings. The van der Waals surface area contributed by atoms with Crippen molar-refractivity contribution in [1.29, 1.82) is 0 Å². The van der Waals surface area contributed by atoms with Crippen LogP contribution in [-0.2, 0) is 13.5 Å². The fraction of sp³-hybridized carbons (Fsp3) is 0.769. The minimum Gasteiger partial charge on any atom is -0.316 e. The summed E-state index contributed by atoms with van der Waals surface area (Å²) >= 11 is 2.15. The molecule has 17 heavy (non-hydrogen) atoms. The summed E-state index contributed by atoms with van der Waals surface area (Å²) in [7, 11) is 4.13. The highest BCUT2D eigenvalue weighted by Gasteiger charge is 2.22. The van der Waals surface area contributed by atoms with E-state index in [9.17, 15) is 0 Å². The lowest BCUT2D eigenvalue weighted by molar-refractivity contribution is 0.465. The topological polar surface area (TPSA) is 29.9 Å². The van der Waals surface area contributed by atoms with Gasteiger partial charge in [-0.2, -0.15) is 16.9 Å². The molecular formula is C13H23N3S. The van der Waals surface area contributed by atoms with Crippen molar-refractivity contribution in [3.05, 3.63) is 18.0 Å². The fourth-order valence-electron chi connectivity index (χ4n) is 2.55. The van der Waals surface area contributed by atoms with Crippen LogP contribution in [0.15, 0.2) is 12.3 Å². The van der Waals surface area contributed by atoms with Gasteiger partial charge in [0, 0.05) is 30.2 Å². The van der Waals surface area contributed by atoms with Crippen LogP contribution in [-0.4, -0.2) is 33.9 Å². The molecule has 1 aromatic heterocycles. The monoisotopic (exact) mass is 253 g/mol. The quantitative estimate of drug-likeness (QED) is 0.872. The second-order valence-electron chi connectivity index (χ2n) is 4.79. The Bertz CT molecular complexity index is 331. The lowest BCUT2D eigenvalue weighted by Crippen LogP contribution is -2.37. The molecule has 1 aliphatic heterocycles. The van der Waals surface area contributed by atoms with E-state index >= 15 is 0 Å². The number of rotatable bonds is 5. The zero-order chi connectivity index (χ0) is 12.1. The third kappa shape index (κ3) is 3.49. The second-order valence-corrected chi connectivity index (χ2v) is 6.13. The Morgan fingerprint density at radius 2 is 2.47 bits per heavy atom. The van der Waals surface area contributed by atoms with Crippen LogP contribution in [0.5, 0.6) is 0 Å². The number of hydrogen-bond donors (Lipinski definition) is 1. The second kappa shape index (κ2) is 6.45. The lowest BCUT2D eigenvalue weighted by atomic mass is 10.0. The normalized spacial score (nSPS) is 22.6. The van der Waals surface area contributed by atoms with Crippen LogP contribution >= 0.6 is 11.8 Å². The van der Waals surface area contributed by atoms with Crippen molar-refractivity contribution in [3.8, 4) is 0 Å². The van der Waals surface area contributed by atoms with Crippen LogP contribution in [0.4, 0.5) is 0 Å². The van der Waals surface area contributed by atoms with E-state index in [0.29, 0.717) is 6.04 Å². The van der Waals surface area contributed by atoms with E-state index in [4.69, 9.17) is 0 Å². The zero-order valence-electron chi connectivity index (χ0n) is 10.9. The van der Waals surface area contributed by atoms with Crippen molar-refractivity contribution >= 4 is 11.8 Å². The molecule has 96 valence electrons. The number of aryl methyl sites for hydroxylation is 2. The Morgan fingerprint density at radius 1 is 1.59 bits per heavy atom. The Balaban J connectivity index is 1.84. The summed E-state index contributed by atoms with van der Waals surface area (Å²) in [5, 5.41) is 8.53. The molecule has 2 atom stereocenters. The van der Waals surface area contributed by atoms with Crippen LogP contribution in [0.2, 0.25) is 0 Å². The molecule has 0 aromatic carbocycles. The van der Waals surface area contributed by atoms with Gasteiger partial charge in [-0.25, -0.2) is 0 Å². The van der Waals surface area contributed by atoms with Crippen molar-refractivity contribution in [2.24, 2.45) is 7.05 Å². The first-order valence-corrected chi connectivity index (χ1v) is 7.62. The van der Waals surface area contributed by atoms with Crippen LogP contribution in [0, 0.1) is 0 Å². The van der Waals surface area contributed by atoms with Gasteiger partial charge in [-0.15, -0.1) is 0 Å². The molecule has 1 N–H and O–H groups in total. The summed E-state index contributed by atoms with van der Waals surface area (Å²) in [5.41, 5.74) is 1.34. The first kappa shape index (κ1) is 13.0. The first-order valence-electron chi connectivity index (χ1n) is 6.57. The van der Waals surface area contributed by atoms with Gasteiger partial charge in [0.15, 0.2) is 0 Å². The van der Waals surface area contributed by atoms with E-state index in [1.165, 1.54) is 37.1 Å². The maximum atomic E-state index is 4.22. The van der Waals surface area contributed by atoms with Crippen LogP contribution in [0.3, 0.4) is 0 Å². The largest absolute Gasteiger partial charge is 0.316 e. The molecule has 2 rings (SSSR count). The molecule has 3 nitrogen and oxygen atoms in total. The number of hydrogen-bond acceptors (Lipinski definition) is 3. The van der Waals surface area contributed by atoms with Gasteiger partial charge in [-0.1, -0.05) is 6.42 Å². The molecule has 2 heterocycles. The summed E-state index contributed by atoms with van der Waals surface area (Å²) in [5.74, 6) is 1.34. The van der Waals surface area contributed by atoms with Crippen molar-refractivity contribution < 1.29 is 0 Å². The molecular weight excluding hydrogens is 230 g/mol. The van der Waals surface area contributed by atoms with E-state index in [2.05, 4.69) is 35.3 Å². The third-order valence-corrected chi connectivity index (χ3v) is 5.19. The Labute approximate surface area is 108 Å². The molecule has 0 bridgehead atoms. The van der Waals surface area contributed by atoms with E-state index in [0.717, 1.165) is 11.7 Å². The molecule has 1 fully saturated rings. The summed E-state index contributed by atoms with van der Waals surface area (Å²) in [4.78, 5) is 0. The van der Waals surface area contributed by atoms with E-state index < -0.39 is 0 Å². The number of nitrogens with zero attached hydrogens (tertiary/aromatic N) is 2. The van der Waals surface area contributed by atoms with Crippen molar-refractivity contribution in [1.82, 2.24) is 15.1 Å². The van der Waals surface area contributed by atoms with Gasteiger partial charge in [0.05, 0.1) is 0 Å². The van der Waals surface area contributed by atoms with Crippen LogP contribution in [0.25, 0.3) is 0 Å². The maximum Gasteiger partial charge on any atom is 0.0492 e. The summed E-state index contributed by atoms with van der Waals surface area (Å²) in [6, 6.07) is 2.77. The average Bonchev–Trinajstić information content (AvgIpc) is 2.77. The van der Waals surface area contributed by atoms with Gasteiger partial charge in [0.1, 0.15) is 0 Å².